The third kappa shape index (κ3) is 1.86. The first-order valence-corrected chi connectivity index (χ1v) is 5.03. The van der Waals surface area contributed by atoms with Crippen molar-refractivity contribution in [1.82, 2.24) is 0 Å². The zero-order chi connectivity index (χ0) is 10.0. The van der Waals surface area contributed by atoms with Gasteiger partial charge in [0.05, 0.1) is 4.88 Å². The minimum absolute atomic E-state index is 0.378. The summed E-state index contributed by atoms with van der Waals surface area (Å²) in [5.41, 5.74) is 2.12. The van der Waals surface area contributed by atoms with E-state index < -0.39 is 5.78 Å². The highest BCUT2D eigenvalue weighted by atomic mass is 32.1. The van der Waals surface area contributed by atoms with E-state index in [9.17, 15) is 9.59 Å². The van der Waals surface area contributed by atoms with E-state index in [-0.39, 0.29) is 0 Å². The van der Waals surface area contributed by atoms with Gasteiger partial charge >= 0.3 is 0 Å². The summed E-state index contributed by atoms with van der Waals surface area (Å²) < 4.78 is 0. The fourth-order valence-electron chi connectivity index (χ4n) is 1.30. The van der Waals surface area contributed by atoms with Crippen molar-refractivity contribution >= 4 is 23.4 Å². The molecular formula is C10H12O2S. The molecule has 0 fully saturated rings. The minimum Gasteiger partial charge on any atom is -0.294 e. The standard InChI is InChI=1S/C10H12O2S/c1-6(2)8-5-13-10(7(8)3)9(12)4-11/h4-6H,1-3H3. The van der Waals surface area contributed by atoms with Crippen molar-refractivity contribution in [2.45, 2.75) is 26.7 Å². The Balaban J connectivity index is 3.13. The highest BCUT2D eigenvalue weighted by molar-refractivity contribution is 7.13. The van der Waals surface area contributed by atoms with Gasteiger partial charge < -0.3 is 0 Å². The average molecular weight is 196 g/mol. The summed E-state index contributed by atoms with van der Waals surface area (Å²) in [6, 6.07) is 0. The molecule has 1 heterocycles. The van der Waals surface area contributed by atoms with Gasteiger partial charge in [-0.3, -0.25) is 9.59 Å². The van der Waals surface area contributed by atoms with E-state index in [0.717, 1.165) is 11.1 Å². The third-order valence-electron chi connectivity index (χ3n) is 2.03. The molecule has 0 spiro atoms. The molecule has 0 aliphatic carbocycles. The summed E-state index contributed by atoms with van der Waals surface area (Å²) in [5, 5.41) is 1.96. The number of aldehydes is 1. The van der Waals surface area contributed by atoms with Gasteiger partial charge in [0.2, 0.25) is 5.78 Å². The van der Waals surface area contributed by atoms with Crippen LogP contribution in [0.3, 0.4) is 0 Å². The van der Waals surface area contributed by atoms with Gasteiger partial charge in [-0.1, -0.05) is 13.8 Å². The molecule has 70 valence electrons. The molecule has 0 N–H and O–H groups in total. The number of hydrogen-bond donors (Lipinski definition) is 0. The molecule has 2 nitrogen and oxygen atoms in total. The van der Waals surface area contributed by atoms with Gasteiger partial charge in [0.1, 0.15) is 0 Å². The van der Waals surface area contributed by atoms with Crippen LogP contribution in [-0.2, 0) is 4.79 Å². The molecule has 3 heteroatoms. The largest absolute Gasteiger partial charge is 0.294 e. The first-order chi connectivity index (χ1) is 6.07. The maximum Gasteiger partial charge on any atom is 0.235 e. The summed E-state index contributed by atoms with van der Waals surface area (Å²) in [7, 11) is 0. The molecule has 1 rings (SSSR count). The van der Waals surface area contributed by atoms with Crippen LogP contribution < -0.4 is 0 Å². The number of thiophene rings is 1. The van der Waals surface area contributed by atoms with Crippen LogP contribution in [0.2, 0.25) is 0 Å². The summed E-state index contributed by atoms with van der Waals surface area (Å²) in [4.78, 5) is 22.0. The molecule has 0 aromatic carbocycles. The lowest BCUT2D eigenvalue weighted by Crippen LogP contribution is -1.99. The smallest absolute Gasteiger partial charge is 0.235 e. The number of Topliss-reactive ketones (excluding diaryl/α,β-unsaturated/α-hetero) is 1. The molecule has 0 aliphatic heterocycles. The maximum atomic E-state index is 11.1. The molecule has 0 bridgehead atoms. The Kier molecular flexibility index (Phi) is 2.98. The molecule has 0 atom stereocenters. The number of hydrogen-bond acceptors (Lipinski definition) is 3. The fourth-order valence-corrected chi connectivity index (χ4v) is 2.45. The van der Waals surface area contributed by atoms with Crippen molar-refractivity contribution in [3.63, 3.8) is 0 Å². The van der Waals surface area contributed by atoms with E-state index in [0.29, 0.717) is 17.1 Å². The predicted octanol–water partition coefficient (Wildman–Crippen LogP) is 2.56. The summed E-state index contributed by atoms with van der Waals surface area (Å²) >= 11 is 1.36. The second-order valence-electron chi connectivity index (χ2n) is 3.28. The van der Waals surface area contributed by atoms with E-state index in [1.54, 1.807) is 0 Å². The van der Waals surface area contributed by atoms with Crippen LogP contribution in [0.4, 0.5) is 0 Å². The summed E-state index contributed by atoms with van der Waals surface area (Å²) in [5.74, 6) is -0.00106. The zero-order valence-electron chi connectivity index (χ0n) is 7.96. The van der Waals surface area contributed by atoms with Crippen molar-refractivity contribution in [2.75, 3.05) is 0 Å². The molecule has 1 aromatic rings. The number of carbonyl (C=O) groups is 2. The monoisotopic (exact) mass is 196 g/mol. The van der Waals surface area contributed by atoms with Crippen LogP contribution in [0, 0.1) is 6.92 Å². The third-order valence-corrected chi connectivity index (χ3v) is 3.15. The fraction of sp³-hybridized carbons (Fsp3) is 0.400. The lowest BCUT2D eigenvalue weighted by Gasteiger charge is -2.02. The normalized spacial score (nSPS) is 10.5. The lowest BCUT2D eigenvalue weighted by molar-refractivity contribution is -0.104. The molecule has 0 aliphatic rings. The van der Waals surface area contributed by atoms with Gasteiger partial charge in [-0.05, 0) is 29.3 Å². The van der Waals surface area contributed by atoms with E-state index in [4.69, 9.17) is 0 Å². The number of rotatable bonds is 3. The van der Waals surface area contributed by atoms with Gasteiger partial charge in [0.15, 0.2) is 6.29 Å². The van der Waals surface area contributed by atoms with Crippen molar-refractivity contribution in [3.8, 4) is 0 Å². The average Bonchev–Trinajstić information content (AvgIpc) is 2.46. The SMILES string of the molecule is Cc1c(C(C)C)csc1C(=O)C=O. The second-order valence-corrected chi connectivity index (χ2v) is 4.16. The molecular weight excluding hydrogens is 184 g/mol. The highest BCUT2D eigenvalue weighted by Crippen LogP contribution is 2.27. The van der Waals surface area contributed by atoms with Gasteiger partial charge in [0, 0.05) is 0 Å². The molecule has 0 saturated heterocycles. The van der Waals surface area contributed by atoms with E-state index >= 15 is 0 Å². The van der Waals surface area contributed by atoms with Crippen LogP contribution in [0.25, 0.3) is 0 Å². The molecule has 0 unspecified atom stereocenters. The Bertz CT molecular complexity index is 337. The quantitative estimate of drug-likeness (QED) is 0.423. The van der Waals surface area contributed by atoms with Crippen molar-refractivity contribution < 1.29 is 9.59 Å². The van der Waals surface area contributed by atoms with Crippen LogP contribution in [0.5, 0.6) is 0 Å². The molecule has 0 amide bonds. The Labute approximate surface area is 81.6 Å². The van der Waals surface area contributed by atoms with E-state index in [1.165, 1.54) is 11.3 Å². The van der Waals surface area contributed by atoms with Crippen LogP contribution in [0.1, 0.15) is 40.6 Å². The molecule has 1 aromatic heterocycles. The molecule has 13 heavy (non-hydrogen) atoms. The van der Waals surface area contributed by atoms with Gasteiger partial charge in [-0.2, -0.15) is 0 Å². The Morgan fingerprint density at radius 2 is 2.15 bits per heavy atom. The van der Waals surface area contributed by atoms with Crippen molar-refractivity contribution in [3.05, 3.63) is 21.4 Å². The minimum atomic E-state index is -0.408. The predicted molar refractivity (Wildman–Crippen MR) is 53.5 cm³/mol. The highest BCUT2D eigenvalue weighted by Gasteiger charge is 2.15. The van der Waals surface area contributed by atoms with Crippen LogP contribution in [0.15, 0.2) is 5.38 Å². The Morgan fingerprint density at radius 3 is 2.54 bits per heavy atom. The first-order valence-electron chi connectivity index (χ1n) is 4.15. The summed E-state index contributed by atoms with van der Waals surface area (Å²) in [6.07, 6.45) is 0.378. The second kappa shape index (κ2) is 3.83. The van der Waals surface area contributed by atoms with Crippen molar-refractivity contribution in [1.29, 1.82) is 0 Å². The molecule has 0 radical (unpaired) electrons. The molecule has 0 saturated carbocycles. The topological polar surface area (TPSA) is 34.1 Å². The maximum absolute atomic E-state index is 11.1. The van der Waals surface area contributed by atoms with Crippen molar-refractivity contribution in [2.24, 2.45) is 0 Å². The Morgan fingerprint density at radius 1 is 1.54 bits per heavy atom. The van der Waals surface area contributed by atoms with Gasteiger partial charge in [-0.15, -0.1) is 11.3 Å². The first kappa shape index (κ1) is 10.1. The zero-order valence-corrected chi connectivity index (χ0v) is 8.77. The number of carbonyl (C=O) groups excluding carboxylic acids is 2. The van der Waals surface area contributed by atoms with E-state index in [1.807, 2.05) is 12.3 Å². The lowest BCUT2D eigenvalue weighted by atomic mass is 10.0. The van der Waals surface area contributed by atoms with Gasteiger partial charge in [-0.25, -0.2) is 0 Å². The summed E-state index contributed by atoms with van der Waals surface area (Å²) in [6.45, 7) is 6.04. The van der Waals surface area contributed by atoms with E-state index in [2.05, 4.69) is 13.8 Å². The van der Waals surface area contributed by atoms with Crippen LogP contribution >= 0.6 is 11.3 Å². The Hall–Kier alpha value is -0.960. The van der Waals surface area contributed by atoms with Crippen LogP contribution in [-0.4, -0.2) is 12.1 Å². The number of ketones is 1. The van der Waals surface area contributed by atoms with Gasteiger partial charge in [0.25, 0.3) is 0 Å².